The van der Waals surface area contributed by atoms with Crippen molar-refractivity contribution < 1.29 is 4.92 Å². The molecule has 0 N–H and O–H groups in total. The molecule has 0 aliphatic rings. The fourth-order valence-electron chi connectivity index (χ4n) is 1.53. The molecule has 0 bridgehead atoms. The van der Waals surface area contributed by atoms with Crippen LogP contribution in [-0.4, -0.2) is 14.7 Å². The summed E-state index contributed by atoms with van der Waals surface area (Å²) in [7, 11) is 0. The zero-order valence-corrected chi connectivity index (χ0v) is 8.83. The summed E-state index contributed by atoms with van der Waals surface area (Å²) in [5.74, 6) is 0. The molecule has 0 unspecified atom stereocenters. The van der Waals surface area contributed by atoms with Crippen LogP contribution in [0, 0.1) is 10.1 Å². The third kappa shape index (κ3) is 1.79. The van der Waals surface area contributed by atoms with Gasteiger partial charge < -0.3 is 0 Å². The molecule has 0 saturated carbocycles. The Balaban J connectivity index is 2.50. The van der Waals surface area contributed by atoms with Gasteiger partial charge in [-0.25, -0.2) is 0 Å². The Kier molecular flexibility index (Phi) is 2.68. The van der Waals surface area contributed by atoms with Crippen LogP contribution in [0.25, 0.3) is 11.3 Å². The Labute approximate surface area is 92.5 Å². The lowest BCUT2D eigenvalue weighted by Crippen LogP contribution is -1.95. The number of para-hydroxylation sites is 1. The van der Waals surface area contributed by atoms with Crippen LogP contribution in [0.5, 0.6) is 0 Å². The maximum Gasteiger partial charge on any atom is 0.278 e. The summed E-state index contributed by atoms with van der Waals surface area (Å²) in [5.41, 5.74) is 1.28. The van der Waals surface area contributed by atoms with Crippen molar-refractivity contribution in [3.8, 4) is 11.3 Å². The molecule has 2 aromatic rings. The lowest BCUT2D eigenvalue weighted by molar-refractivity contribution is -0.384. The van der Waals surface area contributed by atoms with E-state index in [-0.39, 0.29) is 10.6 Å². The van der Waals surface area contributed by atoms with E-state index in [1.54, 1.807) is 28.9 Å². The molecule has 1 aromatic heterocycles. The molecule has 2 rings (SSSR count). The summed E-state index contributed by atoms with van der Waals surface area (Å²) in [6.45, 7) is 2.72. The average molecular weight is 217 g/mol. The summed E-state index contributed by atoms with van der Waals surface area (Å²) < 4.78 is 1.74. The third-order valence-electron chi connectivity index (χ3n) is 2.34. The van der Waals surface area contributed by atoms with Crippen molar-refractivity contribution in [2.75, 3.05) is 0 Å². The van der Waals surface area contributed by atoms with E-state index in [1.807, 2.05) is 13.1 Å². The first-order chi connectivity index (χ1) is 7.72. The number of aryl methyl sites for hydroxylation is 1. The second-order valence-electron chi connectivity index (χ2n) is 3.33. The molecule has 0 atom stereocenters. The smallest absolute Gasteiger partial charge is 0.272 e. The Bertz CT molecular complexity index is 519. The van der Waals surface area contributed by atoms with E-state index in [0.717, 1.165) is 6.54 Å². The molecule has 1 aromatic carbocycles. The molecule has 0 spiro atoms. The standard InChI is InChI=1S/C11H11N3O2/c1-2-13-8-7-10(12-13)9-5-3-4-6-11(9)14(15)16/h3-8H,2H2,1H3. The van der Waals surface area contributed by atoms with E-state index < -0.39 is 0 Å². The molecule has 5 heteroatoms. The predicted octanol–water partition coefficient (Wildman–Crippen LogP) is 2.48. The van der Waals surface area contributed by atoms with E-state index in [1.165, 1.54) is 6.07 Å². The molecule has 5 nitrogen and oxygen atoms in total. The van der Waals surface area contributed by atoms with Crippen molar-refractivity contribution in [1.82, 2.24) is 9.78 Å². The van der Waals surface area contributed by atoms with Crippen molar-refractivity contribution in [1.29, 1.82) is 0 Å². The monoisotopic (exact) mass is 217 g/mol. The maximum atomic E-state index is 10.8. The first-order valence-electron chi connectivity index (χ1n) is 4.99. The van der Waals surface area contributed by atoms with Gasteiger partial charge >= 0.3 is 0 Å². The van der Waals surface area contributed by atoms with E-state index in [9.17, 15) is 10.1 Å². The fourth-order valence-corrected chi connectivity index (χ4v) is 1.53. The predicted molar refractivity (Wildman–Crippen MR) is 60.0 cm³/mol. The average Bonchev–Trinajstić information content (AvgIpc) is 2.77. The van der Waals surface area contributed by atoms with Gasteiger partial charge in [-0.05, 0) is 19.1 Å². The van der Waals surface area contributed by atoms with E-state index >= 15 is 0 Å². The summed E-state index contributed by atoms with van der Waals surface area (Å²) in [6, 6.07) is 8.40. The van der Waals surface area contributed by atoms with Crippen LogP contribution in [0.2, 0.25) is 0 Å². The highest BCUT2D eigenvalue weighted by Crippen LogP contribution is 2.27. The van der Waals surface area contributed by atoms with Crippen LogP contribution in [0.15, 0.2) is 36.5 Å². The minimum atomic E-state index is -0.389. The quantitative estimate of drug-likeness (QED) is 0.586. The van der Waals surface area contributed by atoms with Crippen LogP contribution in [0.1, 0.15) is 6.92 Å². The molecule has 0 aliphatic heterocycles. The third-order valence-corrected chi connectivity index (χ3v) is 2.34. The van der Waals surface area contributed by atoms with Gasteiger partial charge in [0.15, 0.2) is 0 Å². The Hall–Kier alpha value is -2.17. The fraction of sp³-hybridized carbons (Fsp3) is 0.182. The van der Waals surface area contributed by atoms with E-state index in [4.69, 9.17) is 0 Å². The number of nitro groups is 1. The zero-order valence-electron chi connectivity index (χ0n) is 8.83. The highest BCUT2D eigenvalue weighted by Gasteiger charge is 2.15. The van der Waals surface area contributed by atoms with Gasteiger partial charge in [-0.1, -0.05) is 12.1 Å². The normalized spacial score (nSPS) is 10.3. The van der Waals surface area contributed by atoms with Crippen molar-refractivity contribution in [3.63, 3.8) is 0 Å². The van der Waals surface area contributed by atoms with Gasteiger partial charge in [0, 0.05) is 18.8 Å². The van der Waals surface area contributed by atoms with Gasteiger partial charge in [0.25, 0.3) is 5.69 Å². The van der Waals surface area contributed by atoms with E-state index in [0.29, 0.717) is 11.3 Å². The van der Waals surface area contributed by atoms with Crippen LogP contribution in [-0.2, 0) is 6.54 Å². The molecular weight excluding hydrogens is 206 g/mol. The highest BCUT2D eigenvalue weighted by molar-refractivity contribution is 5.70. The van der Waals surface area contributed by atoms with Gasteiger partial charge in [-0.15, -0.1) is 0 Å². The molecule has 1 heterocycles. The van der Waals surface area contributed by atoms with E-state index in [2.05, 4.69) is 5.10 Å². The highest BCUT2D eigenvalue weighted by atomic mass is 16.6. The molecule has 0 aliphatic carbocycles. The van der Waals surface area contributed by atoms with Gasteiger partial charge in [0.2, 0.25) is 0 Å². The second-order valence-corrected chi connectivity index (χ2v) is 3.33. The van der Waals surface area contributed by atoms with Gasteiger partial charge in [0.1, 0.15) is 0 Å². The Morgan fingerprint density at radius 2 is 2.12 bits per heavy atom. The number of benzene rings is 1. The lowest BCUT2D eigenvalue weighted by atomic mass is 10.1. The molecule has 16 heavy (non-hydrogen) atoms. The van der Waals surface area contributed by atoms with Crippen LogP contribution in [0.3, 0.4) is 0 Å². The second kappa shape index (κ2) is 4.14. The minimum Gasteiger partial charge on any atom is -0.272 e. The number of rotatable bonds is 3. The number of nitro benzene ring substituents is 1. The molecule has 0 saturated heterocycles. The largest absolute Gasteiger partial charge is 0.278 e. The minimum absolute atomic E-state index is 0.0869. The van der Waals surface area contributed by atoms with Crippen molar-refractivity contribution in [3.05, 3.63) is 46.6 Å². The Morgan fingerprint density at radius 3 is 2.75 bits per heavy atom. The topological polar surface area (TPSA) is 61.0 Å². The number of hydrogen-bond acceptors (Lipinski definition) is 3. The van der Waals surface area contributed by atoms with Gasteiger partial charge in [-0.3, -0.25) is 14.8 Å². The maximum absolute atomic E-state index is 10.8. The van der Waals surface area contributed by atoms with Crippen molar-refractivity contribution >= 4 is 5.69 Å². The number of aromatic nitrogens is 2. The Morgan fingerprint density at radius 1 is 1.38 bits per heavy atom. The SMILES string of the molecule is CCn1ccc(-c2ccccc2[N+](=O)[O-])n1. The van der Waals surface area contributed by atoms with Crippen molar-refractivity contribution in [2.45, 2.75) is 13.5 Å². The summed E-state index contributed by atoms with van der Waals surface area (Å²) in [4.78, 5) is 10.5. The van der Waals surface area contributed by atoms with Gasteiger partial charge in [0.05, 0.1) is 16.2 Å². The summed E-state index contributed by atoms with van der Waals surface area (Å²) in [5, 5.41) is 15.1. The first-order valence-corrected chi connectivity index (χ1v) is 4.99. The zero-order chi connectivity index (χ0) is 11.5. The lowest BCUT2D eigenvalue weighted by Gasteiger charge is -1.98. The molecular formula is C11H11N3O2. The van der Waals surface area contributed by atoms with Crippen molar-refractivity contribution in [2.24, 2.45) is 0 Å². The number of hydrogen-bond donors (Lipinski definition) is 0. The van der Waals surface area contributed by atoms with Crippen LogP contribution >= 0.6 is 0 Å². The number of nitrogens with zero attached hydrogens (tertiary/aromatic N) is 3. The molecule has 0 fully saturated rings. The summed E-state index contributed by atoms with van der Waals surface area (Å²) in [6.07, 6.45) is 1.81. The van der Waals surface area contributed by atoms with Crippen LogP contribution in [0.4, 0.5) is 5.69 Å². The van der Waals surface area contributed by atoms with Crippen LogP contribution < -0.4 is 0 Å². The molecule has 0 radical (unpaired) electrons. The van der Waals surface area contributed by atoms with Gasteiger partial charge in [-0.2, -0.15) is 5.10 Å². The molecule has 0 amide bonds. The summed E-state index contributed by atoms with van der Waals surface area (Å²) >= 11 is 0. The first kappa shape index (κ1) is 10.4. The molecule has 82 valence electrons.